The molecule has 154 valence electrons. The van der Waals surface area contributed by atoms with Crippen LogP contribution in [-0.4, -0.2) is 27.4 Å². The zero-order valence-electron chi connectivity index (χ0n) is 15.1. The molecule has 4 aliphatic carbocycles. The smallest absolute Gasteiger partial charge is 0.403 e. The summed E-state index contributed by atoms with van der Waals surface area (Å²) in [5, 5.41) is 0.0809. The van der Waals surface area contributed by atoms with Crippen molar-refractivity contribution in [2.75, 3.05) is 7.11 Å². The largest absolute Gasteiger partial charge is 0.524 e. The molecule has 1 spiro atoms. The number of phosphoric ester groups is 1. The van der Waals surface area contributed by atoms with Crippen LogP contribution in [0.15, 0.2) is 18.2 Å². The van der Waals surface area contributed by atoms with E-state index in [4.69, 9.17) is 42.2 Å². The molecule has 4 bridgehead atoms. The summed E-state index contributed by atoms with van der Waals surface area (Å²) in [6, 6.07) is 4.68. The number of hydrogen-bond donors (Lipinski definition) is 2. The second kappa shape index (κ2) is 6.08. The maximum atomic E-state index is 11.3. The van der Waals surface area contributed by atoms with Gasteiger partial charge in [0, 0.05) is 17.5 Å². The van der Waals surface area contributed by atoms with Crippen molar-refractivity contribution in [3.8, 4) is 5.75 Å². The molecule has 2 N–H and O–H groups in total. The van der Waals surface area contributed by atoms with Crippen molar-refractivity contribution < 1.29 is 33.4 Å². The van der Waals surface area contributed by atoms with Gasteiger partial charge in [-0.3, -0.25) is 9.79 Å². The summed E-state index contributed by atoms with van der Waals surface area (Å²) < 4.78 is 22.0. The van der Waals surface area contributed by atoms with E-state index in [9.17, 15) is 14.4 Å². The standard InChI is InChI=1S/C18H21Cl2O7P/c1-24-18(11-2-3-14(19)15(6-11)25-28(21,22)23)17(26-27-18)12-4-10-5-13(17)9-16(20,7-10)8-12/h2-3,6,10,12-13H,4-5,7-9H2,1H3,(H2,21,22,23)/t10?,12-,13+,16?,17?,18?. The van der Waals surface area contributed by atoms with Gasteiger partial charge in [0.15, 0.2) is 11.4 Å². The summed E-state index contributed by atoms with van der Waals surface area (Å²) in [4.78, 5) is 29.7. The molecule has 0 aromatic heterocycles. The molecule has 1 heterocycles. The molecule has 5 fully saturated rings. The third-order valence-electron chi connectivity index (χ3n) is 6.95. The van der Waals surface area contributed by atoms with Gasteiger partial charge >= 0.3 is 7.82 Å². The number of benzene rings is 1. The molecular weight excluding hydrogens is 430 g/mol. The summed E-state index contributed by atoms with van der Waals surface area (Å²) in [7, 11) is -3.23. The summed E-state index contributed by atoms with van der Waals surface area (Å²) in [6.07, 6.45) is 4.70. The molecule has 4 saturated carbocycles. The van der Waals surface area contributed by atoms with Gasteiger partial charge in [-0.2, -0.15) is 4.89 Å². The summed E-state index contributed by atoms with van der Waals surface area (Å²) >= 11 is 13.0. The summed E-state index contributed by atoms with van der Waals surface area (Å²) in [6.45, 7) is 0. The Morgan fingerprint density at radius 2 is 1.86 bits per heavy atom. The van der Waals surface area contributed by atoms with E-state index in [1.54, 1.807) is 13.2 Å². The Bertz CT molecular complexity index is 853. The van der Waals surface area contributed by atoms with E-state index < -0.39 is 19.2 Å². The topological polar surface area (TPSA) is 94.5 Å². The van der Waals surface area contributed by atoms with Crippen LogP contribution in [0.1, 0.15) is 37.7 Å². The predicted molar refractivity (Wildman–Crippen MR) is 99.9 cm³/mol. The lowest BCUT2D eigenvalue weighted by molar-refractivity contribution is -0.645. The zero-order valence-corrected chi connectivity index (χ0v) is 17.5. The molecule has 28 heavy (non-hydrogen) atoms. The van der Waals surface area contributed by atoms with Gasteiger partial charge in [-0.15, -0.1) is 11.6 Å². The monoisotopic (exact) mass is 450 g/mol. The van der Waals surface area contributed by atoms with E-state index in [0.717, 1.165) is 32.1 Å². The minimum atomic E-state index is -4.77. The van der Waals surface area contributed by atoms with Crippen LogP contribution in [0.5, 0.6) is 5.75 Å². The molecule has 1 aromatic rings. The van der Waals surface area contributed by atoms with E-state index in [-0.39, 0.29) is 27.5 Å². The lowest BCUT2D eigenvalue weighted by Crippen LogP contribution is -2.78. The molecule has 1 saturated heterocycles. The Kier molecular flexibility index (Phi) is 4.25. The summed E-state index contributed by atoms with van der Waals surface area (Å²) in [5.74, 6) is -0.413. The maximum Gasteiger partial charge on any atom is 0.524 e. The molecule has 1 aromatic carbocycles. The van der Waals surface area contributed by atoms with Crippen molar-refractivity contribution >= 4 is 31.0 Å². The first-order valence-electron chi connectivity index (χ1n) is 9.27. The SMILES string of the molecule is COC1(c2ccc(Cl)c(OP(=O)(O)O)c2)OOC12[C@@H]1CC3C[C@H]2CC(Cl)(C3)C1. The van der Waals surface area contributed by atoms with Crippen LogP contribution in [0.25, 0.3) is 0 Å². The van der Waals surface area contributed by atoms with Crippen LogP contribution >= 0.6 is 31.0 Å². The number of hydrogen-bond acceptors (Lipinski definition) is 5. The van der Waals surface area contributed by atoms with Crippen LogP contribution in [0, 0.1) is 17.8 Å². The van der Waals surface area contributed by atoms with Gasteiger partial charge in [0.05, 0.1) is 5.02 Å². The van der Waals surface area contributed by atoms with Crippen LogP contribution < -0.4 is 4.52 Å². The molecular formula is C18H21Cl2O7P. The van der Waals surface area contributed by atoms with Gasteiger partial charge in [-0.05, 0) is 62.0 Å². The Morgan fingerprint density at radius 3 is 2.36 bits per heavy atom. The lowest BCUT2D eigenvalue weighted by Gasteiger charge is -2.70. The van der Waals surface area contributed by atoms with E-state index in [2.05, 4.69) is 0 Å². The molecule has 10 heteroatoms. The minimum Gasteiger partial charge on any atom is -0.403 e. The number of ether oxygens (including phenoxy) is 1. The first-order valence-corrected chi connectivity index (χ1v) is 11.6. The van der Waals surface area contributed by atoms with Crippen molar-refractivity contribution in [3.63, 3.8) is 0 Å². The Hall–Kier alpha value is -0.370. The third-order valence-corrected chi connectivity index (χ3v) is 8.16. The fraction of sp³-hybridized carbons (Fsp3) is 0.667. The van der Waals surface area contributed by atoms with Crippen molar-refractivity contribution in [1.29, 1.82) is 0 Å². The van der Waals surface area contributed by atoms with Gasteiger partial charge in [0.25, 0.3) is 5.79 Å². The van der Waals surface area contributed by atoms with Gasteiger partial charge in [-0.25, -0.2) is 9.45 Å². The number of alkyl halides is 1. The van der Waals surface area contributed by atoms with E-state index in [1.807, 2.05) is 0 Å². The van der Waals surface area contributed by atoms with Crippen molar-refractivity contribution in [3.05, 3.63) is 28.8 Å². The zero-order chi connectivity index (χ0) is 19.9. The number of phosphoric acid groups is 1. The van der Waals surface area contributed by atoms with E-state index >= 15 is 0 Å². The first-order chi connectivity index (χ1) is 13.1. The Morgan fingerprint density at radius 1 is 1.18 bits per heavy atom. The van der Waals surface area contributed by atoms with Crippen LogP contribution in [0.3, 0.4) is 0 Å². The average molecular weight is 451 g/mol. The number of methoxy groups -OCH3 is 1. The van der Waals surface area contributed by atoms with Crippen LogP contribution in [0.2, 0.25) is 5.02 Å². The molecule has 6 atom stereocenters. The van der Waals surface area contributed by atoms with Crippen molar-refractivity contribution in [1.82, 2.24) is 0 Å². The van der Waals surface area contributed by atoms with Crippen molar-refractivity contribution in [2.45, 2.75) is 48.4 Å². The highest BCUT2D eigenvalue weighted by Crippen LogP contribution is 2.71. The molecule has 4 unspecified atom stereocenters. The van der Waals surface area contributed by atoms with Crippen molar-refractivity contribution in [2.24, 2.45) is 17.8 Å². The van der Waals surface area contributed by atoms with Crippen LogP contribution in [-0.2, 0) is 24.9 Å². The minimum absolute atomic E-state index is 0.0809. The second-order valence-corrected chi connectivity index (χ2v) is 10.9. The van der Waals surface area contributed by atoms with Gasteiger partial charge in [0.2, 0.25) is 0 Å². The molecule has 5 aliphatic rings. The van der Waals surface area contributed by atoms with Crippen LogP contribution in [0.4, 0.5) is 0 Å². The lowest BCUT2D eigenvalue weighted by atomic mass is 9.46. The highest BCUT2D eigenvalue weighted by atomic mass is 35.5. The van der Waals surface area contributed by atoms with Gasteiger partial charge < -0.3 is 9.26 Å². The number of halogens is 2. The quantitative estimate of drug-likeness (QED) is 0.404. The van der Waals surface area contributed by atoms with Gasteiger partial charge in [0.1, 0.15) is 0 Å². The molecule has 1 aliphatic heterocycles. The van der Waals surface area contributed by atoms with E-state index in [0.29, 0.717) is 11.5 Å². The molecule has 7 nitrogen and oxygen atoms in total. The average Bonchev–Trinajstić information content (AvgIpc) is 2.54. The predicted octanol–water partition coefficient (Wildman–Crippen LogP) is 4.13. The Labute approximate surface area is 172 Å². The van der Waals surface area contributed by atoms with E-state index in [1.165, 1.54) is 12.1 Å². The molecule has 6 rings (SSSR count). The van der Waals surface area contributed by atoms with Gasteiger partial charge in [-0.1, -0.05) is 17.7 Å². The molecule has 0 amide bonds. The highest BCUT2D eigenvalue weighted by Gasteiger charge is 2.78. The third kappa shape index (κ3) is 2.58. The second-order valence-electron chi connectivity index (χ2n) is 8.50. The fourth-order valence-electron chi connectivity index (χ4n) is 6.25. The maximum absolute atomic E-state index is 11.3. The number of rotatable bonds is 4. The first kappa shape index (κ1) is 19.6. The highest BCUT2D eigenvalue weighted by molar-refractivity contribution is 7.46. The fourth-order valence-corrected chi connectivity index (χ4v) is 7.46. The molecule has 0 radical (unpaired) electrons. The normalized spacial score (nSPS) is 44.0. The Balaban J connectivity index is 1.58. The summed E-state index contributed by atoms with van der Waals surface area (Å²) in [5.41, 5.74) is -0.144.